The summed E-state index contributed by atoms with van der Waals surface area (Å²) in [4.78, 5) is 2.41. The lowest BCUT2D eigenvalue weighted by atomic mass is 10.1. The third kappa shape index (κ3) is 3.11. The molecular formula is C16H19ClO3S. The van der Waals surface area contributed by atoms with Gasteiger partial charge in [0.2, 0.25) is 5.75 Å². The molecule has 0 spiro atoms. The van der Waals surface area contributed by atoms with Crippen molar-refractivity contribution in [2.24, 2.45) is 0 Å². The second kappa shape index (κ2) is 7.05. The van der Waals surface area contributed by atoms with Gasteiger partial charge in [-0.3, -0.25) is 0 Å². The van der Waals surface area contributed by atoms with Crippen LogP contribution in [0, 0.1) is 0 Å². The fraction of sp³-hybridized carbons (Fsp3) is 0.375. The lowest BCUT2D eigenvalue weighted by molar-refractivity contribution is 0.322. The highest BCUT2D eigenvalue weighted by molar-refractivity contribution is 7.12. The summed E-state index contributed by atoms with van der Waals surface area (Å²) in [6.45, 7) is 2.13. The first-order valence-electron chi connectivity index (χ1n) is 6.67. The van der Waals surface area contributed by atoms with Gasteiger partial charge in [-0.2, -0.15) is 0 Å². The van der Waals surface area contributed by atoms with Crippen molar-refractivity contribution < 1.29 is 14.2 Å². The summed E-state index contributed by atoms with van der Waals surface area (Å²) in [6, 6.07) is 7.95. The van der Waals surface area contributed by atoms with Crippen molar-refractivity contribution in [3.05, 3.63) is 39.6 Å². The Morgan fingerprint density at radius 3 is 2.24 bits per heavy atom. The van der Waals surface area contributed by atoms with Gasteiger partial charge in [-0.05, 0) is 30.7 Å². The van der Waals surface area contributed by atoms with Gasteiger partial charge in [0.05, 0.1) is 26.7 Å². The molecule has 2 aromatic rings. The molecule has 0 radical (unpaired) electrons. The van der Waals surface area contributed by atoms with Gasteiger partial charge in [-0.25, -0.2) is 0 Å². The molecule has 0 amide bonds. The van der Waals surface area contributed by atoms with E-state index in [1.807, 2.05) is 12.1 Å². The molecule has 3 nitrogen and oxygen atoms in total. The van der Waals surface area contributed by atoms with Crippen LogP contribution in [0.1, 0.15) is 27.6 Å². The van der Waals surface area contributed by atoms with Gasteiger partial charge >= 0.3 is 0 Å². The largest absolute Gasteiger partial charge is 0.493 e. The zero-order valence-electron chi connectivity index (χ0n) is 12.6. The van der Waals surface area contributed by atoms with Crippen molar-refractivity contribution in [1.29, 1.82) is 0 Å². The van der Waals surface area contributed by atoms with Gasteiger partial charge in [0.25, 0.3) is 0 Å². The summed E-state index contributed by atoms with van der Waals surface area (Å²) in [5.41, 5.74) is 0.876. The number of methoxy groups -OCH3 is 3. The Bertz CT molecular complexity index is 610. The van der Waals surface area contributed by atoms with Crippen molar-refractivity contribution >= 4 is 22.9 Å². The standard InChI is InChI=1S/C16H19ClO3S/c1-5-10-6-9-13(21-10)14(17)11-7-8-12(18-2)16(20-4)15(11)19-3/h6-9,14H,5H2,1-4H3. The average molecular weight is 327 g/mol. The normalized spacial score (nSPS) is 12.0. The van der Waals surface area contributed by atoms with E-state index in [1.54, 1.807) is 32.7 Å². The van der Waals surface area contributed by atoms with Gasteiger partial charge in [-0.1, -0.05) is 6.92 Å². The number of benzene rings is 1. The highest BCUT2D eigenvalue weighted by atomic mass is 35.5. The van der Waals surface area contributed by atoms with Crippen LogP contribution in [0.5, 0.6) is 17.2 Å². The summed E-state index contributed by atoms with van der Waals surface area (Å²) in [5.74, 6) is 1.81. The summed E-state index contributed by atoms with van der Waals surface area (Å²) < 4.78 is 16.2. The van der Waals surface area contributed by atoms with Gasteiger partial charge in [0.15, 0.2) is 11.5 Å². The minimum atomic E-state index is -0.273. The van der Waals surface area contributed by atoms with Crippen LogP contribution in [0.4, 0.5) is 0 Å². The van der Waals surface area contributed by atoms with E-state index < -0.39 is 0 Å². The molecule has 114 valence electrons. The highest BCUT2D eigenvalue weighted by Gasteiger charge is 2.23. The van der Waals surface area contributed by atoms with Crippen LogP contribution < -0.4 is 14.2 Å². The summed E-state index contributed by atoms with van der Waals surface area (Å²) in [6.07, 6.45) is 1.01. The van der Waals surface area contributed by atoms with Crippen LogP contribution in [-0.2, 0) is 6.42 Å². The Balaban J connectivity index is 2.47. The van der Waals surface area contributed by atoms with Gasteiger partial charge in [0.1, 0.15) is 0 Å². The van der Waals surface area contributed by atoms with E-state index in [1.165, 1.54) is 4.88 Å². The Kier molecular flexibility index (Phi) is 5.37. The van der Waals surface area contributed by atoms with Crippen molar-refractivity contribution in [3.8, 4) is 17.2 Å². The van der Waals surface area contributed by atoms with Crippen LogP contribution in [0.2, 0.25) is 0 Å². The number of ether oxygens (including phenoxy) is 3. The van der Waals surface area contributed by atoms with E-state index in [4.69, 9.17) is 25.8 Å². The van der Waals surface area contributed by atoms with Crippen LogP contribution in [0.3, 0.4) is 0 Å². The van der Waals surface area contributed by atoms with Gasteiger partial charge < -0.3 is 14.2 Å². The van der Waals surface area contributed by atoms with E-state index in [9.17, 15) is 0 Å². The molecule has 2 rings (SSSR count). The zero-order valence-corrected chi connectivity index (χ0v) is 14.2. The quantitative estimate of drug-likeness (QED) is 0.722. The molecule has 0 aliphatic carbocycles. The van der Waals surface area contributed by atoms with Crippen molar-refractivity contribution in [1.82, 2.24) is 0 Å². The van der Waals surface area contributed by atoms with Crippen LogP contribution in [0.25, 0.3) is 0 Å². The van der Waals surface area contributed by atoms with Crippen LogP contribution >= 0.6 is 22.9 Å². The fourth-order valence-electron chi connectivity index (χ4n) is 2.20. The lowest BCUT2D eigenvalue weighted by Crippen LogP contribution is -2.00. The third-order valence-corrected chi connectivity index (χ3v) is 5.18. The molecule has 1 atom stereocenters. The number of hydrogen-bond donors (Lipinski definition) is 0. The summed E-state index contributed by atoms with van der Waals surface area (Å²) >= 11 is 8.36. The lowest BCUT2D eigenvalue weighted by Gasteiger charge is -2.18. The first kappa shape index (κ1) is 16.0. The molecule has 0 saturated carbocycles. The Morgan fingerprint density at radius 1 is 1.00 bits per heavy atom. The third-order valence-electron chi connectivity index (χ3n) is 3.29. The van der Waals surface area contributed by atoms with E-state index in [2.05, 4.69) is 19.1 Å². The fourth-order valence-corrected chi connectivity index (χ4v) is 3.53. The molecule has 0 aliphatic heterocycles. The molecule has 1 unspecified atom stereocenters. The molecular weight excluding hydrogens is 308 g/mol. The molecule has 1 heterocycles. The topological polar surface area (TPSA) is 27.7 Å². The second-order valence-electron chi connectivity index (χ2n) is 4.44. The van der Waals surface area contributed by atoms with Crippen LogP contribution in [0.15, 0.2) is 24.3 Å². The summed E-state index contributed by atoms with van der Waals surface area (Å²) in [7, 11) is 4.80. The SMILES string of the molecule is CCc1ccc(C(Cl)c2ccc(OC)c(OC)c2OC)s1. The first-order chi connectivity index (χ1) is 10.2. The molecule has 0 fully saturated rings. The molecule has 1 aromatic carbocycles. The summed E-state index contributed by atoms with van der Waals surface area (Å²) in [5, 5.41) is -0.273. The number of rotatable bonds is 6. The molecule has 1 aromatic heterocycles. The van der Waals surface area contributed by atoms with Crippen molar-refractivity contribution in [2.75, 3.05) is 21.3 Å². The number of thiophene rings is 1. The maximum Gasteiger partial charge on any atom is 0.203 e. The highest BCUT2D eigenvalue weighted by Crippen LogP contribution is 2.46. The number of alkyl halides is 1. The van der Waals surface area contributed by atoms with E-state index in [-0.39, 0.29) is 5.38 Å². The predicted molar refractivity (Wildman–Crippen MR) is 87.5 cm³/mol. The monoisotopic (exact) mass is 326 g/mol. The van der Waals surface area contributed by atoms with Crippen molar-refractivity contribution in [2.45, 2.75) is 18.7 Å². The van der Waals surface area contributed by atoms with Gasteiger partial charge in [0, 0.05) is 15.3 Å². The first-order valence-corrected chi connectivity index (χ1v) is 7.93. The molecule has 0 aliphatic rings. The zero-order chi connectivity index (χ0) is 15.4. The molecule has 5 heteroatoms. The van der Waals surface area contributed by atoms with Gasteiger partial charge in [-0.15, -0.1) is 22.9 Å². The number of hydrogen-bond acceptors (Lipinski definition) is 4. The minimum Gasteiger partial charge on any atom is -0.493 e. The predicted octanol–water partition coefficient (Wildman–Crippen LogP) is 4.66. The van der Waals surface area contributed by atoms with E-state index in [0.717, 1.165) is 16.9 Å². The van der Waals surface area contributed by atoms with E-state index in [0.29, 0.717) is 17.2 Å². The maximum atomic E-state index is 6.64. The minimum absolute atomic E-state index is 0.273. The van der Waals surface area contributed by atoms with Crippen LogP contribution in [-0.4, -0.2) is 21.3 Å². The van der Waals surface area contributed by atoms with E-state index >= 15 is 0 Å². The maximum absolute atomic E-state index is 6.64. The molecule has 0 N–H and O–H groups in total. The molecule has 21 heavy (non-hydrogen) atoms. The Hall–Kier alpha value is -1.39. The Labute approximate surface area is 134 Å². The molecule has 0 bridgehead atoms. The smallest absolute Gasteiger partial charge is 0.203 e. The second-order valence-corrected chi connectivity index (χ2v) is 6.08. The molecule has 0 saturated heterocycles. The van der Waals surface area contributed by atoms with Crippen molar-refractivity contribution in [3.63, 3.8) is 0 Å². The number of halogens is 1. The Morgan fingerprint density at radius 2 is 1.71 bits per heavy atom. The average Bonchev–Trinajstić information content (AvgIpc) is 3.01. The number of aryl methyl sites for hydroxylation is 1.